The van der Waals surface area contributed by atoms with Crippen LogP contribution in [0.15, 0.2) is 29.3 Å². The van der Waals surface area contributed by atoms with E-state index in [2.05, 4.69) is 35.5 Å². The summed E-state index contributed by atoms with van der Waals surface area (Å²) in [4.78, 5) is 4.64. The smallest absolute Gasteiger partial charge is 0.191 e. The van der Waals surface area contributed by atoms with Crippen LogP contribution in [0.3, 0.4) is 0 Å². The maximum Gasteiger partial charge on any atom is 0.191 e. The van der Waals surface area contributed by atoms with Gasteiger partial charge in [0.05, 0.1) is 18.2 Å². The van der Waals surface area contributed by atoms with Crippen LogP contribution in [0.4, 0.5) is 0 Å². The molecule has 1 aromatic rings. The third-order valence-corrected chi connectivity index (χ3v) is 4.62. The Morgan fingerprint density at radius 2 is 2.14 bits per heavy atom. The molecule has 0 atom stereocenters. The van der Waals surface area contributed by atoms with Gasteiger partial charge in [0.2, 0.25) is 0 Å². The van der Waals surface area contributed by atoms with Crippen molar-refractivity contribution in [3.63, 3.8) is 0 Å². The van der Waals surface area contributed by atoms with Gasteiger partial charge in [-0.05, 0) is 49.3 Å². The maximum absolute atomic E-state index is 8.95. The fraction of sp³-hybridized carbons (Fsp3) is 0.556. The van der Waals surface area contributed by atoms with Crippen molar-refractivity contribution in [1.82, 2.24) is 10.6 Å². The fourth-order valence-electron chi connectivity index (χ4n) is 2.85. The fourth-order valence-corrected chi connectivity index (χ4v) is 2.85. The number of rotatable bonds is 6. The summed E-state index contributed by atoms with van der Waals surface area (Å²) in [6.07, 6.45) is 5.22. The van der Waals surface area contributed by atoms with Gasteiger partial charge in [-0.3, -0.25) is 0 Å². The van der Waals surface area contributed by atoms with Crippen LogP contribution < -0.4 is 10.6 Å². The number of aliphatic imine (C=N–C) groups is 1. The van der Waals surface area contributed by atoms with Crippen LogP contribution in [0.25, 0.3) is 0 Å². The number of benzene rings is 1. The van der Waals surface area contributed by atoms with Gasteiger partial charge in [-0.25, -0.2) is 4.99 Å². The van der Waals surface area contributed by atoms with Gasteiger partial charge in [0.25, 0.3) is 0 Å². The van der Waals surface area contributed by atoms with E-state index in [0.717, 1.165) is 24.6 Å². The molecule has 0 unspecified atom stereocenters. The number of nitrogens with zero attached hydrogens (tertiary/aromatic N) is 2. The summed E-state index contributed by atoms with van der Waals surface area (Å²) in [6.45, 7) is 6.78. The van der Waals surface area contributed by atoms with Crippen molar-refractivity contribution in [3.05, 3.63) is 35.4 Å². The first-order chi connectivity index (χ1) is 10.7. The Morgan fingerprint density at radius 3 is 2.73 bits per heavy atom. The molecule has 118 valence electrons. The second-order valence-electron chi connectivity index (χ2n) is 6.07. The molecule has 0 spiro atoms. The highest BCUT2D eigenvalue weighted by Crippen LogP contribution is 2.42. The molecule has 1 aromatic carbocycles. The van der Waals surface area contributed by atoms with E-state index < -0.39 is 0 Å². The van der Waals surface area contributed by atoms with E-state index in [-0.39, 0.29) is 0 Å². The van der Waals surface area contributed by atoms with Gasteiger partial charge < -0.3 is 10.6 Å². The number of nitriles is 1. The molecule has 0 saturated heterocycles. The lowest BCUT2D eigenvalue weighted by molar-refractivity contribution is 0.131. The summed E-state index contributed by atoms with van der Waals surface area (Å²) >= 11 is 0. The Labute approximate surface area is 133 Å². The van der Waals surface area contributed by atoms with Crippen LogP contribution in [-0.4, -0.2) is 19.0 Å². The van der Waals surface area contributed by atoms with Gasteiger partial charge in [-0.2, -0.15) is 5.26 Å². The Kier molecular flexibility index (Phi) is 5.83. The average Bonchev–Trinajstić information content (AvgIpc) is 2.52. The minimum absolute atomic E-state index is 0.469. The predicted octanol–water partition coefficient (Wildman–Crippen LogP) is 3.19. The van der Waals surface area contributed by atoms with Crippen LogP contribution in [-0.2, 0) is 6.54 Å². The first-order valence-corrected chi connectivity index (χ1v) is 8.22. The highest BCUT2D eigenvalue weighted by atomic mass is 15.2. The Bertz CT molecular complexity index is 547. The summed E-state index contributed by atoms with van der Waals surface area (Å²) in [7, 11) is 0. The highest BCUT2D eigenvalue weighted by Gasteiger charge is 2.34. The quantitative estimate of drug-likeness (QED) is 0.626. The van der Waals surface area contributed by atoms with Gasteiger partial charge in [-0.1, -0.05) is 25.5 Å². The Hall–Kier alpha value is -2.02. The molecule has 4 heteroatoms. The van der Waals surface area contributed by atoms with Gasteiger partial charge in [0.15, 0.2) is 5.96 Å². The molecule has 0 bridgehead atoms. The largest absolute Gasteiger partial charge is 0.357 e. The molecule has 4 nitrogen and oxygen atoms in total. The third-order valence-electron chi connectivity index (χ3n) is 4.62. The molecule has 0 aliphatic heterocycles. The van der Waals surface area contributed by atoms with Crippen molar-refractivity contribution in [2.24, 2.45) is 10.4 Å². The Morgan fingerprint density at radius 1 is 1.32 bits per heavy atom. The average molecular weight is 298 g/mol. The molecule has 1 fully saturated rings. The number of guanidine groups is 1. The van der Waals surface area contributed by atoms with Crippen LogP contribution >= 0.6 is 0 Å². The Balaban J connectivity index is 1.95. The van der Waals surface area contributed by atoms with Crippen molar-refractivity contribution in [3.8, 4) is 6.07 Å². The molecule has 0 amide bonds. The molecular weight excluding hydrogens is 272 g/mol. The lowest BCUT2D eigenvalue weighted by Crippen LogP contribution is -2.46. The molecule has 22 heavy (non-hydrogen) atoms. The first-order valence-electron chi connectivity index (χ1n) is 8.22. The van der Waals surface area contributed by atoms with Crippen LogP contribution in [0, 0.1) is 16.7 Å². The van der Waals surface area contributed by atoms with Crippen molar-refractivity contribution in [2.45, 2.75) is 46.1 Å². The van der Waals surface area contributed by atoms with Crippen molar-refractivity contribution >= 4 is 5.96 Å². The second-order valence-corrected chi connectivity index (χ2v) is 6.07. The molecule has 1 aliphatic carbocycles. The van der Waals surface area contributed by atoms with E-state index in [0.29, 0.717) is 17.5 Å². The first kappa shape index (κ1) is 16.4. The van der Waals surface area contributed by atoms with Crippen molar-refractivity contribution in [1.29, 1.82) is 5.26 Å². The summed E-state index contributed by atoms with van der Waals surface area (Å²) in [6, 6.07) is 9.80. The summed E-state index contributed by atoms with van der Waals surface area (Å²) in [5.74, 6) is 0.865. The lowest BCUT2D eigenvalue weighted by atomic mass is 9.67. The van der Waals surface area contributed by atoms with Crippen molar-refractivity contribution in [2.75, 3.05) is 13.1 Å². The lowest BCUT2D eigenvalue weighted by Gasteiger charge is -2.41. The van der Waals surface area contributed by atoms with E-state index in [1.807, 2.05) is 24.3 Å². The second kappa shape index (κ2) is 7.84. The van der Waals surface area contributed by atoms with Gasteiger partial charge >= 0.3 is 0 Å². The monoisotopic (exact) mass is 298 g/mol. The summed E-state index contributed by atoms with van der Waals surface area (Å²) < 4.78 is 0. The minimum atomic E-state index is 0.469. The zero-order chi connectivity index (χ0) is 15.8. The topological polar surface area (TPSA) is 60.2 Å². The van der Waals surface area contributed by atoms with E-state index in [4.69, 9.17) is 5.26 Å². The molecule has 1 saturated carbocycles. The number of nitrogens with one attached hydrogen (secondary N) is 2. The van der Waals surface area contributed by atoms with Gasteiger partial charge in [0, 0.05) is 13.1 Å². The normalized spacial score (nSPS) is 16.5. The van der Waals surface area contributed by atoms with Crippen LogP contribution in [0.1, 0.15) is 50.7 Å². The molecule has 2 rings (SSSR count). The molecule has 2 N–H and O–H groups in total. The zero-order valence-electron chi connectivity index (χ0n) is 13.7. The van der Waals surface area contributed by atoms with Crippen molar-refractivity contribution < 1.29 is 0 Å². The van der Waals surface area contributed by atoms with Crippen LogP contribution in [0.5, 0.6) is 0 Å². The third kappa shape index (κ3) is 4.24. The highest BCUT2D eigenvalue weighted by molar-refractivity contribution is 5.79. The molecule has 0 radical (unpaired) electrons. The van der Waals surface area contributed by atoms with Crippen LogP contribution in [0.2, 0.25) is 0 Å². The molecular formula is C18H26N4. The zero-order valence-corrected chi connectivity index (χ0v) is 13.7. The molecule has 0 heterocycles. The minimum Gasteiger partial charge on any atom is -0.357 e. The predicted molar refractivity (Wildman–Crippen MR) is 90.6 cm³/mol. The van der Waals surface area contributed by atoms with E-state index in [1.54, 1.807) is 0 Å². The number of hydrogen-bond donors (Lipinski definition) is 2. The summed E-state index contributed by atoms with van der Waals surface area (Å²) in [5, 5.41) is 15.7. The molecule has 0 aromatic heterocycles. The van der Waals surface area contributed by atoms with E-state index in [1.165, 1.54) is 25.7 Å². The summed E-state index contributed by atoms with van der Waals surface area (Å²) in [5.41, 5.74) is 2.21. The standard InChI is InChI=1S/C18H26N4/c1-3-18(9-6-10-18)14-22-17(20-4-2)21-13-16-8-5-7-15(11-16)12-19/h5,7-8,11H,3-4,6,9-10,13-14H2,1-2H3,(H2,20,21,22). The van der Waals surface area contributed by atoms with E-state index in [9.17, 15) is 0 Å². The van der Waals surface area contributed by atoms with Gasteiger partial charge in [-0.15, -0.1) is 0 Å². The SMILES string of the molecule is CCNC(=NCc1cccc(C#N)c1)NCC1(CC)CCC1. The molecule has 1 aliphatic rings. The van der Waals surface area contributed by atoms with E-state index >= 15 is 0 Å². The van der Waals surface area contributed by atoms with Gasteiger partial charge in [0.1, 0.15) is 0 Å². The maximum atomic E-state index is 8.95. The number of hydrogen-bond acceptors (Lipinski definition) is 2.